The second kappa shape index (κ2) is 8.18. The Labute approximate surface area is 212 Å². The standard InChI is InChI=1S/C28H36N8/c1-19-13-26(22-15-30-33(3)27(22)31-19)34-11-7-25-23(16-34)20(2)32-36(25)17-28-8-4-5-21(14-28)24(6-9-28)35-12-10-29-18-35/h10,12-13,15,18,21,24H,4-9,11,14,16-17H2,1-3H3. The maximum Gasteiger partial charge on any atom is 0.159 e. The van der Waals surface area contributed by atoms with E-state index in [1.54, 1.807) is 0 Å². The summed E-state index contributed by atoms with van der Waals surface area (Å²) in [6.45, 7) is 7.27. The van der Waals surface area contributed by atoms with E-state index in [2.05, 4.69) is 50.3 Å². The molecule has 0 N–H and O–H groups in total. The molecule has 3 atom stereocenters. The molecule has 2 aliphatic carbocycles. The summed E-state index contributed by atoms with van der Waals surface area (Å²) in [4.78, 5) is 11.6. The van der Waals surface area contributed by atoms with Gasteiger partial charge in [-0.1, -0.05) is 6.42 Å². The highest BCUT2D eigenvalue weighted by atomic mass is 15.3. The zero-order valence-electron chi connectivity index (χ0n) is 21.7. The van der Waals surface area contributed by atoms with Crippen molar-refractivity contribution in [1.29, 1.82) is 0 Å². The van der Waals surface area contributed by atoms with E-state index >= 15 is 0 Å². The molecule has 4 aromatic heterocycles. The van der Waals surface area contributed by atoms with Gasteiger partial charge in [-0.05, 0) is 63.4 Å². The van der Waals surface area contributed by atoms with Gasteiger partial charge in [-0.2, -0.15) is 10.2 Å². The van der Waals surface area contributed by atoms with Gasteiger partial charge in [0.1, 0.15) is 0 Å². The molecular formula is C28H36N8. The highest BCUT2D eigenvalue weighted by molar-refractivity contribution is 5.89. The number of nitrogens with zero attached hydrogens (tertiary/aromatic N) is 8. The average Bonchev–Trinajstić information content (AvgIpc) is 3.60. The van der Waals surface area contributed by atoms with Crippen molar-refractivity contribution >= 4 is 16.7 Å². The fraction of sp³-hybridized carbons (Fsp3) is 0.571. The number of pyridine rings is 1. The number of imidazole rings is 1. The second-order valence-electron chi connectivity index (χ2n) is 11.6. The van der Waals surface area contributed by atoms with Crippen LogP contribution in [0.1, 0.15) is 67.2 Å². The Bertz CT molecular complexity index is 1410. The number of aromatic nitrogens is 7. The number of hydrogen-bond acceptors (Lipinski definition) is 5. The summed E-state index contributed by atoms with van der Waals surface area (Å²) in [5, 5.41) is 10.8. The lowest BCUT2D eigenvalue weighted by Crippen LogP contribution is -2.41. The molecule has 0 aromatic carbocycles. The van der Waals surface area contributed by atoms with Crippen molar-refractivity contribution in [2.75, 3.05) is 11.4 Å². The van der Waals surface area contributed by atoms with Crippen LogP contribution in [0.5, 0.6) is 0 Å². The first-order chi connectivity index (χ1) is 17.5. The molecule has 5 heterocycles. The normalized spacial score (nSPS) is 25.9. The van der Waals surface area contributed by atoms with Gasteiger partial charge in [0.25, 0.3) is 0 Å². The fourth-order valence-electron chi connectivity index (χ4n) is 7.62. The third-order valence-corrected chi connectivity index (χ3v) is 9.37. The third-order valence-electron chi connectivity index (χ3n) is 9.37. The van der Waals surface area contributed by atoms with Gasteiger partial charge < -0.3 is 9.47 Å². The Balaban J connectivity index is 1.15. The molecule has 2 fully saturated rings. The summed E-state index contributed by atoms with van der Waals surface area (Å²) in [5.74, 6) is 0.765. The maximum absolute atomic E-state index is 5.16. The van der Waals surface area contributed by atoms with E-state index in [1.165, 1.54) is 61.2 Å². The first-order valence-corrected chi connectivity index (χ1v) is 13.6. The summed E-state index contributed by atoms with van der Waals surface area (Å²) >= 11 is 0. The van der Waals surface area contributed by atoms with E-state index in [0.29, 0.717) is 11.5 Å². The van der Waals surface area contributed by atoms with Crippen LogP contribution in [0, 0.1) is 25.2 Å². The maximum atomic E-state index is 5.16. The van der Waals surface area contributed by atoms with Crippen molar-refractivity contribution in [2.24, 2.45) is 18.4 Å². The van der Waals surface area contributed by atoms with E-state index in [-0.39, 0.29) is 0 Å². The van der Waals surface area contributed by atoms with Crippen LogP contribution >= 0.6 is 0 Å². The largest absolute Gasteiger partial charge is 0.366 e. The molecule has 36 heavy (non-hydrogen) atoms. The minimum Gasteiger partial charge on any atom is -0.366 e. The molecule has 3 aliphatic rings. The molecule has 4 aromatic rings. The smallest absolute Gasteiger partial charge is 0.159 e. The molecule has 0 radical (unpaired) electrons. The number of hydrogen-bond donors (Lipinski definition) is 0. The lowest BCUT2D eigenvalue weighted by molar-refractivity contribution is 0.0217. The van der Waals surface area contributed by atoms with Crippen LogP contribution in [0.4, 0.5) is 5.69 Å². The van der Waals surface area contributed by atoms with E-state index in [9.17, 15) is 0 Å². The van der Waals surface area contributed by atoms with Crippen LogP contribution in [0.2, 0.25) is 0 Å². The first-order valence-electron chi connectivity index (χ1n) is 13.6. The minimum absolute atomic E-state index is 0.396. The van der Waals surface area contributed by atoms with E-state index in [4.69, 9.17) is 10.1 Å². The summed E-state index contributed by atoms with van der Waals surface area (Å²) in [6, 6.07) is 2.84. The Morgan fingerprint density at radius 3 is 2.94 bits per heavy atom. The predicted molar refractivity (Wildman–Crippen MR) is 140 cm³/mol. The van der Waals surface area contributed by atoms with Crippen molar-refractivity contribution in [3.05, 3.63) is 53.6 Å². The molecule has 8 heteroatoms. The molecule has 0 spiro atoms. The first kappa shape index (κ1) is 22.1. The van der Waals surface area contributed by atoms with Crippen molar-refractivity contribution in [3.63, 3.8) is 0 Å². The molecule has 3 unspecified atom stereocenters. The van der Waals surface area contributed by atoms with Crippen LogP contribution in [0.15, 0.2) is 31.0 Å². The third kappa shape index (κ3) is 3.48. The zero-order valence-corrected chi connectivity index (χ0v) is 21.7. The SMILES string of the molecule is Cc1cc(N2CCc3c(c(C)nn3CC34CCCC(C3)C(n3ccnc3)CC4)C2)c2cnn(C)c2n1. The van der Waals surface area contributed by atoms with Gasteiger partial charge >= 0.3 is 0 Å². The molecule has 7 rings (SSSR count). The summed E-state index contributed by atoms with van der Waals surface area (Å²) in [6.07, 6.45) is 17.0. The number of aryl methyl sites for hydroxylation is 3. The molecule has 0 amide bonds. The van der Waals surface area contributed by atoms with Crippen LogP contribution < -0.4 is 4.90 Å². The van der Waals surface area contributed by atoms with Crippen molar-refractivity contribution in [1.82, 2.24) is 34.1 Å². The summed E-state index contributed by atoms with van der Waals surface area (Å²) in [5.41, 5.74) is 7.72. The van der Waals surface area contributed by atoms with Crippen molar-refractivity contribution < 1.29 is 0 Å². The molecule has 2 bridgehead atoms. The second-order valence-corrected chi connectivity index (χ2v) is 11.6. The van der Waals surface area contributed by atoms with Crippen LogP contribution in [-0.2, 0) is 26.6 Å². The van der Waals surface area contributed by atoms with Crippen LogP contribution in [0.25, 0.3) is 11.0 Å². The van der Waals surface area contributed by atoms with Gasteiger partial charge in [-0.3, -0.25) is 9.36 Å². The van der Waals surface area contributed by atoms with Gasteiger partial charge in [-0.15, -0.1) is 0 Å². The quantitative estimate of drug-likeness (QED) is 0.418. The monoisotopic (exact) mass is 484 g/mol. The molecule has 1 aliphatic heterocycles. The lowest BCUT2D eigenvalue weighted by atomic mass is 9.60. The van der Waals surface area contributed by atoms with Gasteiger partial charge in [0.05, 0.1) is 29.3 Å². The van der Waals surface area contributed by atoms with Gasteiger partial charge in [0, 0.05) is 68.5 Å². The molecular weight excluding hydrogens is 448 g/mol. The predicted octanol–water partition coefficient (Wildman–Crippen LogP) is 4.75. The van der Waals surface area contributed by atoms with Gasteiger partial charge in [-0.25, -0.2) is 9.97 Å². The van der Waals surface area contributed by atoms with Crippen molar-refractivity contribution in [3.8, 4) is 0 Å². The van der Waals surface area contributed by atoms with Crippen molar-refractivity contribution in [2.45, 2.75) is 77.9 Å². The molecule has 2 saturated carbocycles. The number of rotatable bonds is 4. The van der Waals surface area contributed by atoms with Crippen LogP contribution in [0.3, 0.4) is 0 Å². The molecule has 0 saturated heterocycles. The van der Waals surface area contributed by atoms with Gasteiger partial charge in [0.2, 0.25) is 0 Å². The molecule has 188 valence electrons. The van der Waals surface area contributed by atoms with E-state index < -0.39 is 0 Å². The van der Waals surface area contributed by atoms with E-state index in [1.807, 2.05) is 30.5 Å². The summed E-state index contributed by atoms with van der Waals surface area (Å²) in [7, 11) is 1.97. The molecule has 8 nitrogen and oxygen atoms in total. The average molecular weight is 485 g/mol. The highest BCUT2D eigenvalue weighted by Gasteiger charge is 2.45. The minimum atomic E-state index is 0.396. The summed E-state index contributed by atoms with van der Waals surface area (Å²) < 4.78 is 6.66. The lowest BCUT2D eigenvalue weighted by Gasteiger charge is -2.49. The Morgan fingerprint density at radius 2 is 2.08 bits per heavy atom. The van der Waals surface area contributed by atoms with Crippen LogP contribution in [-0.4, -0.2) is 40.6 Å². The Morgan fingerprint density at radius 1 is 1.17 bits per heavy atom. The fourth-order valence-corrected chi connectivity index (χ4v) is 7.62. The zero-order chi connectivity index (χ0) is 24.4. The Kier molecular flexibility index (Phi) is 5.02. The Hall–Kier alpha value is -3.16. The number of fused-ring (bicyclic) bond motifs is 4. The van der Waals surface area contributed by atoms with E-state index in [0.717, 1.165) is 48.7 Å². The highest BCUT2D eigenvalue weighted by Crippen LogP contribution is 2.53. The van der Waals surface area contributed by atoms with Gasteiger partial charge in [0.15, 0.2) is 5.65 Å². The number of anilines is 1. The topological polar surface area (TPSA) is 69.6 Å².